The number of hydrogen-bond donors (Lipinski definition) is 1. The summed E-state index contributed by atoms with van der Waals surface area (Å²) in [5.41, 5.74) is 0.400. The number of rotatable bonds is 6. The molecular weight excluding hydrogens is 256 g/mol. The van der Waals surface area contributed by atoms with E-state index < -0.39 is 11.4 Å². The Hall–Kier alpha value is -1.62. The van der Waals surface area contributed by atoms with Gasteiger partial charge < -0.3 is 14.7 Å². The van der Waals surface area contributed by atoms with E-state index in [0.717, 1.165) is 31.5 Å². The molecule has 1 aliphatic rings. The molecule has 0 amide bonds. The molecule has 0 bridgehead atoms. The molecule has 0 aliphatic carbocycles. The second-order valence-electron chi connectivity index (χ2n) is 5.41. The monoisotopic (exact) mass is 278 g/mol. The van der Waals surface area contributed by atoms with E-state index in [4.69, 9.17) is 4.74 Å². The molecule has 2 heterocycles. The Labute approximate surface area is 119 Å². The normalized spacial score (nSPS) is 22.8. The van der Waals surface area contributed by atoms with E-state index in [0.29, 0.717) is 19.6 Å². The Morgan fingerprint density at radius 2 is 2.25 bits per heavy atom. The number of carbonyl (C=O) groups is 1. The number of nitrogens with zero attached hydrogens (tertiary/aromatic N) is 2. The van der Waals surface area contributed by atoms with Crippen molar-refractivity contribution in [2.45, 2.75) is 25.7 Å². The third kappa shape index (κ3) is 3.28. The van der Waals surface area contributed by atoms with Crippen molar-refractivity contribution in [1.29, 1.82) is 0 Å². The van der Waals surface area contributed by atoms with Crippen molar-refractivity contribution in [2.24, 2.45) is 5.41 Å². The van der Waals surface area contributed by atoms with Crippen LogP contribution in [0, 0.1) is 5.41 Å². The summed E-state index contributed by atoms with van der Waals surface area (Å²) >= 11 is 0. The van der Waals surface area contributed by atoms with Gasteiger partial charge in [0.25, 0.3) is 0 Å². The molecule has 1 aromatic heterocycles. The summed E-state index contributed by atoms with van der Waals surface area (Å²) in [5.74, 6) is -0.688. The van der Waals surface area contributed by atoms with Crippen LogP contribution in [-0.2, 0) is 9.53 Å². The topological polar surface area (TPSA) is 62.7 Å². The van der Waals surface area contributed by atoms with Crippen LogP contribution in [0.4, 0.5) is 5.69 Å². The number of aromatic nitrogens is 1. The van der Waals surface area contributed by atoms with E-state index in [-0.39, 0.29) is 0 Å². The summed E-state index contributed by atoms with van der Waals surface area (Å²) in [5, 5.41) is 9.67. The molecule has 5 heteroatoms. The van der Waals surface area contributed by atoms with Gasteiger partial charge in [-0.15, -0.1) is 0 Å². The quantitative estimate of drug-likeness (QED) is 0.808. The zero-order chi connectivity index (χ0) is 14.4. The summed E-state index contributed by atoms with van der Waals surface area (Å²) in [6.07, 6.45) is 6.59. The Balaban J connectivity index is 2.10. The third-order valence-electron chi connectivity index (χ3n) is 4.06. The first-order valence-electron chi connectivity index (χ1n) is 7.05. The number of anilines is 1. The number of aliphatic carboxylic acids is 1. The van der Waals surface area contributed by atoms with Gasteiger partial charge in [0.2, 0.25) is 0 Å². The van der Waals surface area contributed by atoms with Gasteiger partial charge in [-0.1, -0.05) is 0 Å². The molecule has 0 spiro atoms. The standard InChI is InChI=1S/C15H22N2O3/c1-20-11-3-7-15(14(18)19)6-2-10-17(12-15)13-4-8-16-9-5-13/h4-5,8-9H,2-3,6-7,10-12H2,1H3,(H,18,19). The SMILES string of the molecule is COCCCC1(C(=O)O)CCCN(c2ccncc2)C1. The molecule has 1 unspecified atom stereocenters. The van der Waals surface area contributed by atoms with Gasteiger partial charge in [0, 0.05) is 44.9 Å². The second-order valence-corrected chi connectivity index (χ2v) is 5.41. The van der Waals surface area contributed by atoms with Crippen molar-refractivity contribution in [1.82, 2.24) is 4.98 Å². The number of ether oxygens (including phenoxy) is 1. The van der Waals surface area contributed by atoms with Crippen LogP contribution in [0.5, 0.6) is 0 Å². The van der Waals surface area contributed by atoms with E-state index in [2.05, 4.69) is 9.88 Å². The number of carboxylic acids is 1. The van der Waals surface area contributed by atoms with Crippen LogP contribution < -0.4 is 4.90 Å². The molecule has 1 saturated heterocycles. The molecule has 20 heavy (non-hydrogen) atoms. The summed E-state index contributed by atoms with van der Waals surface area (Å²) < 4.78 is 5.05. The first-order valence-corrected chi connectivity index (χ1v) is 7.05. The lowest BCUT2D eigenvalue weighted by atomic mass is 9.76. The Kier molecular flexibility index (Phi) is 4.95. The highest BCUT2D eigenvalue weighted by atomic mass is 16.5. The van der Waals surface area contributed by atoms with Crippen LogP contribution >= 0.6 is 0 Å². The van der Waals surface area contributed by atoms with E-state index in [1.807, 2.05) is 12.1 Å². The molecule has 2 rings (SSSR count). The van der Waals surface area contributed by atoms with Gasteiger partial charge in [0.05, 0.1) is 5.41 Å². The van der Waals surface area contributed by atoms with Gasteiger partial charge in [0.15, 0.2) is 0 Å². The predicted octanol–water partition coefficient (Wildman–Crippen LogP) is 2.18. The highest BCUT2D eigenvalue weighted by Gasteiger charge is 2.41. The Morgan fingerprint density at radius 1 is 1.50 bits per heavy atom. The van der Waals surface area contributed by atoms with Gasteiger partial charge in [0.1, 0.15) is 0 Å². The smallest absolute Gasteiger partial charge is 0.311 e. The van der Waals surface area contributed by atoms with Crippen LogP contribution in [0.3, 0.4) is 0 Å². The fourth-order valence-corrected chi connectivity index (χ4v) is 2.95. The van der Waals surface area contributed by atoms with Crippen molar-refractivity contribution in [3.8, 4) is 0 Å². The van der Waals surface area contributed by atoms with E-state index in [1.54, 1.807) is 19.5 Å². The number of hydrogen-bond acceptors (Lipinski definition) is 4. The van der Waals surface area contributed by atoms with Gasteiger partial charge in [-0.2, -0.15) is 0 Å². The van der Waals surface area contributed by atoms with E-state index in [1.165, 1.54) is 0 Å². The molecular formula is C15H22N2O3. The lowest BCUT2D eigenvalue weighted by molar-refractivity contribution is -0.150. The zero-order valence-corrected chi connectivity index (χ0v) is 11.9. The van der Waals surface area contributed by atoms with Gasteiger partial charge >= 0.3 is 5.97 Å². The predicted molar refractivity (Wildman–Crippen MR) is 76.9 cm³/mol. The lowest BCUT2D eigenvalue weighted by Gasteiger charge is -2.41. The van der Waals surface area contributed by atoms with Crippen molar-refractivity contribution in [3.63, 3.8) is 0 Å². The molecule has 1 fully saturated rings. The maximum absolute atomic E-state index is 11.8. The van der Waals surface area contributed by atoms with E-state index in [9.17, 15) is 9.90 Å². The fraction of sp³-hybridized carbons (Fsp3) is 0.600. The number of carboxylic acid groups (broad SMARTS) is 1. The maximum Gasteiger partial charge on any atom is 0.311 e. The fourth-order valence-electron chi connectivity index (χ4n) is 2.95. The highest BCUT2D eigenvalue weighted by molar-refractivity contribution is 5.76. The maximum atomic E-state index is 11.8. The van der Waals surface area contributed by atoms with Crippen molar-refractivity contribution in [3.05, 3.63) is 24.5 Å². The highest BCUT2D eigenvalue weighted by Crippen LogP contribution is 2.36. The Morgan fingerprint density at radius 3 is 2.90 bits per heavy atom. The average Bonchev–Trinajstić information content (AvgIpc) is 2.48. The summed E-state index contributed by atoms with van der Waals surface area (Å²) in [4.78, 5) is 17.9. The minimum absolute atomic E-state index is 0.566. The summed E-state index contributed by atoms with van der Waals surface area (Å²) in [7, 11) is 1.65. The van der Waals surface area contributed by atoms with Crippen molar-refractivity contribution >= 4 is 11.7 Å². The summed E-state index contributed by atoms with van der Waals surface area (Å²) in [6, 6.07) is 3.88. The van der Waals surface area contributed by atoms with Crippen molar-refractivity contribution in [2.75, 3.05) is 31.7 Å². The molecule has 0 saturated carbocycles. The van der Waals surface area contributed by atoms with Gasteiger partial charge in [-0.05, 0) is 37.8 Å². The first kappa shape index (κ1) is 14.8. The number of pyridine rings is 1. The average molecular weight is 278 g/mol. The van der Waals surface area contributed by atoms with E-state index >= 15 is 0 Å². The molecule has 0 aromatic carbocycles. The number of methoxy groups -OCH3 is 1. The number of piperidine rings is 1. The van der Waals surface area contributed by atoms with Gasteiger partial charge in [-0.25, -0.2) is 0 Å². The third-order valence-corrected chi connectivity index (χ3v) is 4.06. The molecule has 110 valence electrons. The Bertz CT molecular complexity index is 438. The van der Waals surface area contributed by atoms with Crippen LogP contribution in [0.25, 0.3) is 0 Å². The minimum atomic E-state index is -0.688. The molecule has 1 N–H and O–H groups in total. The molecule has 1 atom stereocenters. The molecule has 0 radical (unpaired) electrons. The lowest BCUT2D eigenvalue weighted by Crippen LogP contribution is -2.48. The molecule has 1 aliphatic heterocycles. The van der Waals surface area contributed by atoms with Crippen LogP contribution in [0.1, 0.15) is 25.7 Å². The van der Waals surface area contributed by atoms with Crippen LogP contribution in [0.15, 0.2) is 24.5 Å². The van der Waals surface area contributed by atoms with Crippen molar-refractivity contribution < 1.29 is 14.6 Å². The van der Waals surface area contributed by atoms with Crippen LogP contribution in [-0.4, -0.2) is 42.9 Å². The van der Waals surface area contributed by atoms with Crippen LogP contribution in [0.2, 0.25) is 0 Å². The summed E-state index contributed by atoms with van der Waals surface area (Å²) in [6.45, 7) is 2.09. The first-order chi connectivity index (χ1) is 9.68. The molecule has 1 aromatic rings. The molecule has 5 nitrogen and oxygen atoms in total. The minimum Gasteiger partial charge on any atom is -0.481 e. The largest absolute Gasteiger partial charge is 0.481 e. The van der Waals surface area contributed by atoms with Gasteiger partial charge in [-0.3, -0.25) is 9.78 Å². The second kappa shape index (κ2) is 6.70. The zero-order valence-electron chi connectivity index (χ0n) is 11.9.